The molecule has 0 bridgehead atoms. The van der Waals surface area contributed by atoms with Crippen molar-refractivity contribution in [1.82, 2.24) is 5.43 Å². The van der Waals surface area contributed by atoms with E-state index < -0.39 is 5.97 Å². The van der Waals surface area contributed by atoms with Gasteiger partial charge < -0.3 is 9.15 Å². The van der Waals surface area contributed by atoms with E-state index in [4.69, 9.17) is 4.42 Å². The van der Waals surface area contributed by atoms with Crippen LogP contribution in [0.25, 0.3) is 0 Å². The SMILES string of the molecule is COC(=O)c1ccc(/C=N\NC(=O)c2ccoc2C)cc1. The number of methoxy groups -OCH3 is 1. The predicted molar refractivity (Wildman–Crippen MR) is 76.3 cm³/mol. The smallest absolute Gasteiger partial charge is 0.337 e. The van der Waals surface area contributed by atoms with Gasteiger partial charge in [-0.05, 0) is 30.7 Å². The van der Waals surface area contributed by atoms with Crippen molar-refractivity contribution >= 4 is 18.1 Å². The molecule has 21 heavy (non-hydrogen) atoms. The lowest BCUT2D eigenvalue weighted by Crippen LogP contribution is -2.17. The number of benzene rings is 1. The number of nitrogens with one attached hydrogen (secondary N) is 1. The number of furan rings is 1. The van der Waals surface area contributed by atoms with Gasteiger partial charge in [0, 0.05) is 0 Å². The number of carbonyl (C=O) groups is 2. The van der Waals surface area contributed by atoms with E-state index in [1.54, 1.807) is 37.3 Å². The molecule has 0 atom stereocenters. The molecule has 2 aromatic rings. The maximum atomic E-state index is 11.8. The Morgan fingerprint density at radius 3 is 2.52 bits per heavy atom. The van der Waals surface area contributed by atoms with Gasteiger partial charge in [-0.1, -0.05) is 12.1 Å². The zero-order valence-corrected chi connectivity index (χ0v) is 11.6. The Morgan fingerprint density at radius 2 is 1.95 bits per heavy atom. The average Bonchev–Trinajstić information content (AvgIpc) is 2.93. The molecule has 2 rings (SSSR count). The van der Waals surface area contributed by atoms with E-state index in [9.17, 15) is 9.59 Å². The molecule has 6 heteroatoms. The lowest BCUT2D eigenvalue weighted by atomic mass is 10.1. The van der Waals surface area contributed by atoms with Gasteiger partial charge in [0.15, 0.2) is 0 Å². The summed E-state index contributed by atoms with van der Waals surface area (Å²) in [7, 11) is 1.32. The van der Waals surface area contributed by atoms with Crippen LogP contribution in [0.15, 0.2) is 46.1 Å². The van der Waals surface area contributed by atoms with Gasteiger partial charge in [-0.3, -0.25) is 4.79 Å². The molecular weight excluding hydrogens is 272 g/mol. The highest BCUT2D eigenvalue weighted by Crippen LogP contribution is 2.08. The van der Waals surface area contributed by atoms with Crippen LogP contribution in [0.5, 0.6) is 0 Å². The quantitative estimate of drug-likeness (QED) is 0.530. The first-order valence-corrected chi connectivity index (χ1v) is 6.17. The molecule has 1 heterocycles. The zero-order valence-electron chi connectivity index (χ0n) is 11.6. The normalized spacial score (nSPS) is 10.6. The molecule has 6 nitrogen and oxygen atoms in total. The van der Waals surface area contributed by atoms with Crippen LogP contribution in [0.2, 0.25) is 0 Å². The van der Waals surface area contributed by atoms with Gasteiger partial charge in [0.05, 0.1) is 30.7 Å². The third kappa shape index (κ3) is 3.56. The van der Waals surface area contributed by atoms with E-state index >= 15 is 0 Å². The van der Waals surface area contributed by atoms with Crippen molar-refractivity contribution in [3.63, 3.8) is 0 Å². The van der Waals surface area contributed by atoms with Crippen molar-refractivity contribution in [2.75, 3.05) is 7.11 Å². The fourth-order valence-corrected chi connectivity index (χ4v) is 1.67. The molecule has 0 saturated carbocycles. The summed E-state index contributed by atoms with van der Waals surface area (Å²) in [4.78, 5) is 23.0. The molecule has 0 aliphatic heterocycles. The molecule has 1 N–H and O–H groups in total. The third-order valence-corrected chi connectivity index (χ3v) is 2.81. The van der Waals surface area contributed by atoms with Gasteiger partial charge >= 0.3 is 5.97 Å². The Kier molecular flexibility index (Phi) is 4.50. The van der Waals surface area contributed by atoms with E-state index in [0.29, 0.717) is 16.9 Å². The summed E-state index contributed by atoms with van der Waals surface area (Å²) in [6, 6.07) is 8.21. The molecule has 1 aromatic carbocycles. The zero-order chi connectivity index (χ0) is 15.2. The Balaban J connectivity index is 1.97. The molecule has 1 aromatic heterocycles. The highest BCUT2D eigenvalue weighted by Gasteiger charge is 2.09. The van der Waals surface area contributed by atoms with E-state index in [2.05, 4.69) is 15.3 Å². The molecule has 0 aliphatic rings. The highest BCUT2D eigenvalue weighted by atomic mass is 16.5. The maximum absolute atomic E-state index is 11.8. The van der Waals surface area contributed by atoms with Crippen molar-refractivity contribution in [3.05, 3.63) is 59.0 Å². The Bertz CT molecular complexity index is 671. The summed E-state index contributed by atoms with van der Waals surface area (Å²) in [6.07, 6.45) is 2.92. The van der Waals surface area contributed by atoms with E-state index in [1.165, 1.54) is 19.6 Å². The van der Waals surface area contributed by atoms with Gasteiger partial charge in [-0.25, -0.2) is 10.2 Å². The first kappa shape index (κ1) is 14.5. The van der Waals surface area contributed by atoms with Crippen LogP contribution in [0.3, 0.4) is 0 Å². The van der Waals surface area contributed by atoms with Crippen LogP contribution in [-0.4, -0.2) is 25.2 Å². The number of hydrogen-bond acceptors (Lipinski definition) is 5. The molecule has 0 unspecified atom stereocenters. The number of amides is 1. The second kappa shape index (κ2) is 6.51. The summed E-state index contributed by atoms with van der Waals surface area (Å²) in [5, 5.41) is 3.85. The summed E-state index contributed by atoms with van der Waals surface area (Å²) in [5.74, 6) is -0.212. The summed E-state index contributed by atoms with van der Waals surface area (Å²) in [5.41, 5.74) is 4.03. The maximum Gasteiger partial charge on any atom is 0.337 e. The van der Waals surface area contributed by atoms with E-state index in [1.807, 2.05) is 0 Å². The average molecular weight is 286 g/mol. The Morgan fingerprint density at radius 1 is 1.24 bits per heavy atom. The molecular formula is C15H14N2O4. The Labute approximate surface area is 121 Å². The first-order chi connectivity index (χ1) is 10.1. The number of nitrogens with zero attached hydrogens (tertiary/aromatic N) is 1. The van der Waals surface area contributed by atoms with Gasteiger partial charge in [0.1, 0.15) is 5.76 Å². The van der Waals surface area contributed by atoms with Crippen molar-refractivity contribution in [1.29, 1.82) is 0 Å². The van der Waals surface area contributed by atoms with E-state index in [0.717, 1.165) is 5.56 Å². The van der Waals surface area contributed by atoms with Crippen molar-refractivity contribution in [2.45, 2.75) is 6.92 Å². The van der Waals surface area contributed by atoms with Gasteiger partial charge in [0.2, 0.25) is 0 Å². The molecule has 0 spiro atoms. The number of hydrogen-bond donors (Lipinski definition) is 1. The topological polar surface area (TPSA) is 80.9 Å². The molecule has 0 saturated heterocycles. The number of hydrazone groups is 1. The highest BCUT2D eigenvalue weighted by molar-refractivity contribution is 5.95. The number of rotatable bonds is 4. The summed E-state index contributed by atoms with van der Waals surface area (Å²) >= 11 is 0. The second-order valence-electron chi connectivity index (χ2n) is 4.20. The van der Waals surface area contributed by atoms with Crippen LogP contribution in [-0.2, 0) is 4.74 Å². The fourth-order valence-electron chi connectivity index (χ4n) is 1.67. The van der Waals surface area contributed by atoms with Crippen molar-refractivity contribution < 1.29 is 18.7 Å². The minimum atomic E-state index is -0.401. The minimum absolute atomic E-state index is 0.344. The molecule has 0 fully saturated rings. The Hall–Kier alpha value is -2.89. The summed E-state index contributed by atoms with van der Waals surface area (Å²) in [6.45, 7) is 1.70. The molecule has 0 aliphatic carbocycles. The van der Waals surface area contributed by atoms with Crippen LogP contribution in [0, 0.1) is 6.92 Å². The van der Waals surface area contributed by atoms with Crippen LogP contribution >= 0.6 is 0 Å². The largest absolute Gasteiger partial charge is 0.469 e. The van der Waals surface area contributed by atoms with Crippen molar-refractivity contribution in [3.8, 4) is 0 Å². The second-order valence-corrected chi connectivity index (χ2v) is 4.20. The standard InChI is InChI=1S/C15H14N2O4/c1-10-13(7-8-21-10)14(18)17-16-9-11-3-5-12(6-4-11)15(19)20-2/h3-9H,1-2H3,(H,17,18)/b16-9-. The first-order valence-electron chi connectivity index (χ1n) is 6.17. The number of esters is 1. The molecule has 1 amide bonds. The van der Waals surface area contributed by atoms with Gasteiger partial charge in [-0.2, -0.15) is 5.10 Å². The van der Waals surface area contributed by atoms with Crippen LogP contribution in [0.4, 0.5) is 0 Å². The van der Waals surface area contributed by atoms with Crippen molar-refractivity contribution in [2.24, 2.45) is 5.10 Å². The number of ether oxygens (including phenoxy) is 1. The van der Waals surface area contributed by atoms with Crippen LogP contribution in [0.1, 0.15) is 32.0 Å². The van der Waals surface area contributed by atoms with Gasteiger partial charge in [-0.15, -0.1) is 0 Å². The third-order valence-electron chi connectivity index (χ3n) is 2.81. The van der Waals surface area contributed by atoms with E-state index in [-0.39, 0.29) is 5.91 Å². The minimum Gasteiger partial charge on any atom is -0.469 e. The summed E-state index contributed by atoms with van der Waals surface area (Å²) < 4.78 is 9.64. The lowest BCUT2D eigenvalue weighted by Gasteiger charge is -2.00. The predicted octanol–water partition coefficient (Wildman–Crippen LogP) is 2.14. The monoisotopic (exact) mass is 286 g/mol. The van der Waals surface area contributed by atoms with Gasteiger partial charge in [0.25, 0.3) is 5.91 Å². The lowest BCUT2D eigenvalue weighted by molar-refractivity contribution is 0.0600. The number of carbonyl (C=O) groups excluding carboxylic acids is 2. The number of aryl methyl sites for hydroxylation is 1. The van der Waals surface area contributed by atoms with Crippen LogP contribution < -0.4 is 5.43 Å². The molecule has 108 valence electrons. The fraction of sp³-hybridized carbons (Fsp3) is 0.133. The molecule has 0 radical (unpaired) electrons.